The van der Waals surface area contributed by atoms with Crippen LogP contribution in [0.25, 0.3) is 5.00 Å². The van der Waals surface area contributed by atoms with Crippen molar-refractivity contribution in [2.75, 3.05) is 0 Å². The summed E-state index contributed by atoms with van der Waals surface area (Å²) in [7, 11) is 0. The van der Waals surface area contributed by atoms with Gasteiger partial charge in [0, 0.05) is 27.4 Å². The minimum atomic E-state index is -0.751. The van der Waals surface area contributed by atoms with E-state index >= 15 is 0 Å². The fourth-order valence-electron chi connectivity index (χ4n) is 3.55. The highest BCUT2D eigenvalue weighted by molar-refractivity contribution is 7.15. The van der Waals surface area contributed by atoms with Crippen molar-refractivity contribution in [3.05, 3.63) is 63.0 Å². The SMILES string of the molecule is Cc1nnc2n1-c1sc(CCCCC(=O)O)cc1C(c1ccccc1Cl)=NC2C. The number of aliphatic carboxylic acids is 1. The Morgan fingerprint density at radius 2 is 2.03 bits per heavy atom. The summed E-state index contributed by atoms with van der Waals surface area (Å²) in [4.78, 5) is 16.9. The Bertz CT molecular complexity index is 1100. The van der Waals surface area contributed by atoms with Crippen molar-refractivity contribution in [3.63, 3.8) is 0 Å². The summed E-state index contributed by atoms with van der Waals surface area (Å²) in [6, 6.07) is 9.74. The van der Waals surface area contributed by atoms with Crippen molar-refractivity contribution in [1.82, 2.24) is 14.8 Å². The second-order valence-corrected chi connectivity index (χ2v) is 8.63. The van der Waals surface area contributed by atoms with E-state index in [2.05, 4.69) is 20.8 Å². The van der Waals surface area contributed by atoms with E-state index < -0.39 is 5.97 Å². The summed E-state index contributed by atoms with van der Waals surface area (Å²) in [5.74, 6) is 0.881. The van der Waals surface area contributed by atoms with Gasteiger partial charge in [-0.05, 0) is 45.2 Å². The Hall–Kier alpha value is -2.51. The predicted molar refractivity (Wildman–Crippen MR) is 115 cm³/mol. The number of aromatic nitrogens is 3. The molecule has 1 aromatic carbocycles. The van der Waals surface area contributed by atoms with Crippen LogP contribution in [0.3, 0.4) is 0 Å². The number of benzene rings is 1. The molecule has 1 N–H and O–H groups in total. The quantitative estimate of drug-likeness (QED) is 0.560. The smallest absolute Gasteiger partial charge is 0.303 e. The molecule has 0 aliphatic carbocycles. The van der Waals surface area contributed by atoms with E-state index in [1.54, 1.807) is 11.3 Å². The van der Waals surface area contributed by atoms with Crippen molar-refractivity contribution in [2.45, 2.75) is 45.6 Å². The zero-order chi connectivity index (χ0) is 20.5. The van der Waals surface area contributed by atoms with Crippen LogP contribution in [0.4, 0.5) is 0 Å². The topological polar surface area (TPSA) is 80.4 Å². The number of fused-ring (bicyclic) bond motifs is 3. The molecule has 1 aliphatic rings. The maximum atomic E-state index is 10.8. The Morgan fingerprint density at radius 1 is 1.24 bits per heavy atom. The number of carboxylic acids is 1. The van der Waals surface area contributed by atoms with Crippen molar-refractivity contribution in [3.8, 4) is 5.00 Å². The molecule has 0 saturated heterocycles. The van der Waals surface area contributed by atoms with Gasteiger partial charge in [-0.15, -0.1) is 21.5 Å². The molecule has 0 bridgehead atoms. The second kappa shape index (κ2) is 8.08. The largest absolute Gasteiger partial charge is 0.481 e. The van der Waals surface area contributed by atoms with E-state index in [0.29, 0.717) is 11.4 Å². The number of carboxylic acid groups (broad SMARTS) is 1. The number of aryl methyl sites for hydroxylation is 2. The summed E-state index contributed by atoms with van der Waals surface area (Å²) < 4.78 is 2.08. The van der Waals surface area contributed by atoms with Crippen molar-refractivity contribution >= 4 is 34.6 Å². The number of carbonyl (C=O) groups is 1. The van der Waals surface area contributed by atoms with E-state index in [0.717, 1.165) is 46.3 Å². The second-order valence-electron chi connectivity index (χ2n) is 7.11. The lowest BCUT2D eigenvalue weighted by atomic mass is 10.0. The molecule has 0 spiro atoms. The van der Waals surface area contributed by atoms with Crippen LogP contribution in [-0.4, -0.2) is 31.6 Å². The van der Waals surface area contributed by atoms with Crippen LogP contribution >= 0.6 is 22.9 Å². The minimum Gasteiger partial charge on any atom is -0.481 e. The van der Waals surface area contributed by atoms with Gasteiger partial charge in [-0.3, -0.25) is 14.4 Å². The molecular weight excluding hydrogens is 408 g/mol. The van der Waals surface area contributed by atoms with Crippen molar-refractivity contribution in [2.24, 2.45) is 4.99 Å². The molecule has 150 valence electrons. The van der Waals surface area contributed by atoms with Gasteiger partial charge in [-0.25, -0.2) is 0 Å². The van der Waals surface area contributed by atoms with Gasteiger partial charge in [0.25, 0.3) is 0 Å². The molecule has 6 nitrogen and oxygen atoms in total. The fourth-order valence-corrected chi connectivity index (χ4v) is 5.03. The van der Waals surface area contributed by atoms with Crippen LogP contribution in [0.1, 0.15) is 59.9 Å². The lowest BCUT2D eigenvalue weighted by Gasteiger charge is -2.09. The lowest BCUT2D eigenvalue weighted by Crippen LogP contribution is -2.05. The van der Waals surface area contributed by atoms with Gasteiger partial charge in [-0.2, -0.15) is 0 Å². The molecule has 0 saturated carbocycles. The zero-order valence-electron chi connectivity index (χ0n) is 16.2. The third-order valence-electron chi connectivity index (χ3n) is 4.96. The van der Waals surface area contributed by atoms with Gasteiger partial charge >= 0.3 is 5.97 Å². The summed E-state index contributed by atoms with van der Waals surface area (Å²) in [5, 5.41) is 19.2. The monoisotopic (exact) mass is 428 g/mol. The number of aliphatic imine (C=N–C) groups is 1. The van der Waals surface area contributed by atoms with Gasteiger partial charge in [-0.1, -0.05) is 29.8 Å². The number of halogens is 1. The Labute approximate surface area is 177 Å². The normalized spacial score (nSPS) is 15.4. The Balaban J connectivity index is 1.79. The molecule has 3 heterocycles. The van der Waals surface area contributed by atoms with Crippen LogP contribution in [0.15, 0.2) is 35.3 Å². The third-order valence-corrected chi connectivity index (χ3v) is 6.47. The molecule has 4 rings (SSSR count). The summed E-state index contributed by atoms with van der Waals surface area (Å²) in [6.07, 6.45) is 2.52. The summed E-state index contributed by atoms with van der Waals surface area (Å²) in [5.41, 5.74) is 2.77. The average molecular weight is 429 g/mol. The van der Waals surface area contributed by atoms with Gasteiger partial charge < -0.3 is 5.11 Å². The van der Waals surface area contributed by atoms with Crippen LogP contribution in [0.5, 0.6) is 0 Å². The van der Waals surface area contributed by atoms with Gasteiger partial charge in [0.05, 0.1) is 5.71 Å². The van der Waals surface area contributed by atoms with E-state index in [1.807, 2.05) is 38.1 Å². The van der Waals surface area contributed by atoms with E-state index in [4.69, 9.17) is 21.7 Å². The van der Waals surface area contributed by atoms with Gasteiger partial charge in [0.15, 0.2) is 5.82 Å². The molecule has 1 aliphatic heterocycles. The first-order valence-electron chi connectivity index (χ1n) is 9.55. The first kappa shape index (κ1) is 19.8. The molecule has 1 unspecified atom stereocenters. The van der Waals surface area contributed by atoms with Crippen LogP contribution in [0.2, 0.25) is 5.02 Å². The average Bonchev–Trinajstić information content (AvgIpc) is 3.24. The van der Waals surface area contributed by atoms with Crippen molar-refractivity contribution < 1.29 is 9.90 Å². The summed E-state index contributed by atoms with van der Waals surface area (Å²) in [6.45, 7) is 3.96. The molecule has 2 aromatic heterocycles. The Morgan fingerprint density at radius 3 is 2.79 bits per heavy atom. The van der Waals surface area contributed by atoms with Gasteiger partial charge in [0.2, 0.25) is 0 Å². The highest BCUT2D eigenvalue weighted by atomic mass is 35.5. The van der Waals surface area contributed by atoms with E-state index in [-0.39, 0.29) is 12.5 Å². The lowest BCUT2D eigenvalue weighted by molar-refractivity contribution is -0.137. The van der Waals surface area contributed by atoms with Gasteiger partial charge in [0.1, 0.15) is 16.9 Å². The molecule has 0 radical (unpaired) electrons. The molecule has 0 fully saturated rings. The number of unbranched alkanes of at least 4 members (excludes halogenated alkanes) is 1. The highest BCUT2D eigenvalue weighted by Crippen LogP contribution is 2.37. The maximum absolute atomic E-state index is 10.8. The van der Waals surface area contributed by atoms with Crippen LogP contribution in [0, 0.1) is 6.92 Å². The minimum absolute atomic E-state index is 0.152. The van der Waals surface area contributed by atoms with Crippen LogP contribution < -0.4 is 0 Å². The number of thiophene rings is 1. The number of rotatable bonds is 6. The van der Waals surface area contributed by atoms with E-state index in [9.17, 15) is 4.79 Å². The number of hydrogen-bond acceptors (Lipinski definition) is 5. The third kappa shape index (κ3) is 3.84. The molecule has 3 aromatic rings. The first-order valence-corrected chi connectivity index (χ1v) is 10.7. The number of nitrogens with zero attached hydrogens (tertiary/aromatic N) is 4. The standard InChI is InChI=1S/C21H21ClN4O2S/c1-12-20-25-24-13(2)26(20)21-16(11-14(29-21)7-3-6-10-18(27)28)19(23-12)15-8-4-5-9-17(15)22/h4-5,8-9,11-12H,3,6-7,10H2,1-2H3,(H,27,28). The Kier molecular flexibility index (Phi) is 5.52. The van der Waals surface area contributed by atoms with E-state index in [1.165, 1.54) is 4.88 Å². The fraction of sp³-hybridized carbons (Fsp3) is 0.333. The first-order chi connectivity index (χ1) is 14.0. The molecular formula is C21H21ClN4O2S. The highest BCUT2D eigenvalue weighted by Gasteiger charge is 2.28. The molecule has 1 atom stereocenters. The maximum Gasteiger partial charge on any atom is 0.303 e. The molecule has 8 heteroatoms. The molecule has 0 amide bonds. The predicted octanol–water partition coefficient (Wildman–Crippen LogP) is 5.00. The zero-order valence-corrected chi connectivity index (χ0v) is 17.8. The summed E-state index contributed by atoms with van der Waals surface area (Å²) >= 11 is 8.20. The number of hydrogen-bond donors (Lipinski definition) is 1. The molecule has 29 heavy (non-hydrogen) atoms. The van der Waals surface area contributed by atoms with Crippen LogP contribution in [-0.2, 0) is 11.2 Å². The van der Waals surface area contributed by atoms with Crippen molar-refractivity contribution in [1.29, 1.82) is 0 Å².